The minimum Gasteiger partial charge on any atom is -0.369 e. The monoisotopic (exact) mass is 466 g/mol. The van der Waals surface area contributed by atoms with Crippen molar-refractivity contribution in [3.63, 3.8) is 0 Å². The average molecular weight is 467 g/mol. The van der Waals surface area contributed by atoms with E-state index in [1.807, 2.05) is 30.3 Å². The normalized spacial score (nSPS) is 14.0. The van der Waals surface area contributed by atoms with Crippen molar-refractivity contribution in [1.82, 2.24) is 24.8 Å². The van der Waals surface area contributed by atoms with Gasteiger partial charge in [0.1, 0.15) is 12.1 Å². The summed E-state index contributed by atoms with van der Waals surface area (Å²) in [5.74, 6) is 0.552. The van der Waals surface area contributed by atoms with E-state index < -0.39 is 0 Å². The van der Waals surface area contributed by atoms with Crippen molar-refractivity contribution in [3.05, 3.63) is 73.7 Å². The van der Waals surface area contributed by atoms with E-state index in [9.17, 15) is 4.79 Å². The number of carbonyl (C=O) groups excluding carboxylic acids is 1. The summed E-state index contributed by atoms with van der Waals surface area (Å²) < 4.78 is 0. The molecular formula is C26H26N8O. The first-order chi connectivity index (χ1) is 17.1. The van der Waals surface area contributed by atoms with Gasteiger partial charge in [-0.1, -0.05) is 24.8 Å². The minimum absolute atomic E-state index is 0.333. The number of aromatic nitrogens is 4. The number of amides is 1. The first kappa shape index (κ1) is 22.4. The summed E-state index contributed by atoms with van der Waals surface area (Å²) in [4.78, 5) is 34.2. The molecule has 0 atom stereocenters. The van der Waals surface area contributed by atoms with Gasteiger partial charge in [0, 0.05) is 60.8 Å². The zero-order chi connectivity index (χ0) is 24.2. The number of anilines is 4. The van der Waals surface area contributed by atoms with Crippen LogP contribution in [-0.4, -0.2) is 64.0 Å². The summed E-state index contributed by atoms with van der Waals surface area (Å²) in [5.41, 5.74) is 4.34. The Morgan fingerprint density at radius 2 is 1.83 bits per heavy atom. The molecule has 0 aliphatic carbocycles. The Kier molecular flexibility index (Phi) is 6.32. The second kappa shape index (κ2) is 9.86. The van der Waals surface area contributed by atoms with Gasteiger partial charge in [0.2, 0.25) is 11.9 Å². The van der Waals surface area contributed by atoms with Gasteiger partial charge < -0.3 is 20.4 Å². The molecule has 2 aromatic heterocycles. The van der Waals surface area contributed by atoms with Crippen molar-refractivity contribution >= 4 is 40.0 Å². The molecule has 1 fully saturated rings. The van der Waals surface area contributed by atoms with Crippen LogP contribution in [0.4, 0.5) is 23.1 Å². The Labute approximate surface area is 203 Å². The second-order valence-electron chi connectivity index (χ2n) is 8.38. The van der Waals surface area contributed by atoms with Crippen molar-refractivity contribution in [2.24, 2.45) is 0 Å². The number of fused-ring (bicyclic) bond motifs is 1. The van der Waals surface area contributed by atoms with E-state index in [0.29, 0.717) is 17.5 Å². The van der Waals surface area contributed by atoms with E-state index in [0.717, 1.165) is 48.3 Å². The lowest BCUT2D eigenvalue weighted by Crippen LogP contribution is -2.44. The lowest BCUT2D eigenvalue weighted by Gasteiger charge is -2.34. The molecule has 176 valence electrons. The summed E-state index contributed by atoms with van der Waals surface area (Å²) in [7, 11) is 2.16. The van der Waals surface area contributed by atoms with Crippen LogP contribution in [0, 0.1) is 0 Å². The van der Waals surface area contributed by atoms with Crippen LogP contribution in [0.15, 0.2) is 73.7 Å². The first-order valence-electron chi connectivity index (χ1n) is 11.4. The SMILES string of the molecule is C=CC(=O)Nc1cc(-c2cccc3cnc(Nc4ccc(N5CCN(C)CC5)cc4)nc23)ncn1. The standard InChI is InChI=1S/C26H26N8O/c1-3-24(35)31-23-15-22(28-17-29-23)21-6-4-5-18-16-27-26(32-25(18)21)30-19-7-9-20(10-8-19)34-13-11-33(2)12-14-34/h3-10,15-17H,1,11-14H2,2H3,(H,27,30,32)(H,28,29,31,35). The summed E-state index contributed by atoms with van der Waals surface area (Å²) in [6, 6.07) is 15.9. The van der Waals surface area contributed by atoms with E-state index in [4.69, 9.17) is 4.98 Å². The molecule has 2 aromatic carbocycles. The fourth-order valence-corrected chi connectivity index (χ4v) is 4.02. The van der Waals surface area contributed by atoms with Crippen molar-refractivity contribution in [1.29, 1.82) is 0 Å². The predicted octanol–water partition coefficient (Wildman–Crippen LogP) is 3.71. The molecular weight excluding hydrogens is 440 g/mol. The summed E-state index contributed by atoms with van der Waals surface area (Å²) in [5, 5.41) is 6.86. The van der Waals surface area contributed by atoms with E-state index in [-0.39, 0.29) is 5.91 Å². The quantitative estimate of drug-likeness (QED) is 0.415. The van der Waals surface area contributed by atoms with Crippen molar-refractivity contribution in [2.45, 2.75) is 0 Å². The molecule has 0 bridgehead atoms. The fraction of sp³-hybridized carbons (Fsp3) is 0.192. The van der Waals surface area contributed by atoms with Crippen LogP contribution in [0.3, 0.4) is 0 Å². The van der Waals surface area contributed by atoms with Gasteiger partial charge >= 0.3 is 0 Å². The molecule has 9 heteroatoms. The van der Waals surface area contributed by atoms with Crippen LogP contribution in [-0.2, 0) is 4.79 Å². The van der Waals surface area contributed by atoms with Gasteiger partial charge in [-0.2, -0.15) is 0 Å². The summed E-state index contributed by atoms with van der Waals surface area (Å²) in [6.07, 6.45) is 4.39. The number of hydrogen-bond acceptors (Lipinski definition) is 8. The van der Waals surface area contributed by atoms with Gasteiger partial charge in [-0.05, 0) is 37.4 Å². The molecule has 2 N–H and O–H groups in total. The maximum Gasteiger partial charge on any atom is 0.248 e. The van der Waals surface area contributed by atoms with Gasteiger partial charge in [0.25, 0.3) is 0 Å². The third kappa shape index (κ3) is 5.10. The molecule has 9 nitrogen and oxygen atoms in total. The Morgan fingerprint density at radius 3 is 2.60 bits per heavy atom. The smallest absolute Gasteiger partial charge is 0.248 e. The van der Waals surface area contributed by atoms with Gasteiger partial charge in [0.15, 0.2) is 0 Å². The van der Waals surface area contributed by atoms with Gasteiger partial charge in [-0.15, -0.1) is 0 Å². The van der Waals surface area contributed by atoms with Crippen molar-refractivity contribution in [3.8, 4) is 11.3 Å². The summed E-state index contributed by atoms with van der Waals surface area (Å²) >= 11 is 0. The zero-order valence-electron chi connectivity index (χ0n) is 19.5. The molecule has 3 heterocycles. The van der Waals surface area contributed by atoms with Crippen molar-refractivity contribution in [2.75, 3.05) is 48.8 Å². The van der Waals surface area contributed by atoms with E-state index in [1.165, 1.54) is 18.1 Å². The Morgan fingerprint density at radius 1 is 1.03 bits per heavy atom. The van der Waals surface area contributed by atoms with Gasteiger partial charge in [-0.3, -0.25) is 4.79 Å². The van der Waals surface area contributed by atoms with Crippen LogP contribution in [0.1, 0.15) is 0 Å². The molecule has 1 amide bonds. The molecule has 0 spiro atoms. The number of nitrogens with one attached hydrogen (secondary N) is 2. The van der Waals surface area contributed by atoms with Crippen LogP contribution in [0.25, 0.3) is 22.2 Å². The van der Waals surface area contributed by atoms with Gasteiger partial charge in [-0.25, -0.2) is 19.9 Å². The van der Waals surface area contributed by atoms with Crippen LogP contribution in [0.2, 0.25) is 0 Å². The van der Waals surface area contributed by atoms with Crippen LogP contribution in [0.5, 0.6) is 0 Å². The maximum absolute atomic E-state index is 11.7. The molecule has 1 aliphatic heterocycles. The molecule has 1 saturated heterocycles. The number of para-hydroxylation sites is 1. The lowest BCUT2D eigenvalue weighted by molar-refractivity contribution is -0.111. The van der Waals surface area contributed by atoms with Crippen LogP contribution >= 0.6 is 0 Å². The third-order valence-electron chi connectivity index (χ3n) is 5.98. The zero-order valence-corrected chi connectivity index (χ0v) is 19.5. The Balaban J connectivity index is 1.39. The average Bonchev–Trinajstić information content (AvgIpc) is 2.89. The van der Waals surface area contributed by atoms with E-state index in [2.05, 4.69) is 61.1 Å². The number of rotatable bonds is 6. The lowest BCUT2D eigenvalue weighted by atomic mass is 10.1. The highest BCUT2D eigenvalue weighted by atomic mass is 16.1. The number of likely N-dealkylation sites (N-methyl/N-ethyl adjacent to an activating group) is 1. The first-order valence-corrected chi connectivity index (χ1v) is 11.4. The van der Waals surface area contributed by atoms with E-state index in [1.54, 1.807) is 12.3 Å². The Bertz CT molecular complexity index is 1360. The Hall–Kier alpha value is -4.37. The minimum atomic E-state index is -0.333. The highest BCUT2D eigenvalue weighted by Gasteiger charge is 2.14. The highest BCUT2D eigenvalue weighted by molar-refractivity contribution is 5.99. The number of piperazine rings is 1. The number of hydrogen-bond donors (Lipinski definition) is 2. The highest BCUT2D eigenvalue weighted by Crippen LogP contribution is 2.28. The summed E-state index contributed by atoms with van der Waals surface area (Å²) in [6.45, 7) is 7.67. The maximum atomic E-state index is 11.7. The third-order valence-corrected chi connectivity index (χ3v) is 5.98. The molecule has 35 heavy (non-hydrogen) atoms. The molecule has 4 aromatic rings. The fourth-order valence-electron chi connectivity index (χ4n) is 4.02. The topological polar surface area (TPSA) is 99.2 Å². The largest absolute Gasteiger partial charge is 0.369 e. The molecule has 0 unspecified atom stereocenters. The second-order valence-corrected chi connectivity index (χ2v) is 8.38. The molecule has 5 rings (SSSR count). The molecule has 0 radical (unpaired) electrons. The van der Waals surface area contributed by atoms with Gasteiger partial charge in [0.05, 0.1) is 11.2 Å². The van der Waals surface area contributed by atoms with Crippen LogP contribution < -0.4 is 15.5 Å². The van der Waals surface area contributed by atoms with E-state index >= 15 is 0 Å². The number of benzene rings is 2. The number of carbonyl (C=O) groups is 1. The predicted molar refractivity (Wildman–Crippen MR) is 139 cm³/mol. The van der Waals surface area contributed by atoms with Crippen molar-refractivity contribution < 1.29 is 4.79 Å². The molecule has 1 aliphatic rings. The molecule has 0 saturated carbocycles. The number of nitrogens with zero attached hydrogens (tertiary/aromatic N) is 6.